The first kappa shape index (κ1) is 16.3. The second kappa shape index (κ2) is 5.79. The van der Waals surface area contributed by atoms with Crippen LogP contribution in [0.1, 0.15) is 11.3 Å². The van der Waals surface area contributed by atoms with Crippen LogP contribution >= 0.6 is 11.6 Å². The number of benzene rings is 1. The molecule has 24 heavy (non-hydrogen) atoms. The quantitative estimate of drug-likeness (QED) is 0.623. The van der Waals surface area contributed by atoms with Crippen molar-refractivity contribution < 1.29 is 18.3 Å². The number of aromatic hydroxyl groups is 1. The van der Waals surface area contributed by atoms with Gasteiger partial charge in [-0.2, -0.15) is 13.2 Å². The van der Waals surface area contributed by atoms with Gasteiger partial charge in [-0.15, -0.1) is 10.2 Å². The van der Waals surface area contributed by atoms with E-state index in [4.69, 9.17) is 11.6 Å². The van der Waals surface area contributed by atoms with Gasteiger partial charge in [-0.3, -0.25) is 4.40 Å². The van der Waals surface area contributed by atoms with Crippen molar-refractivity contribution in [3.63, 3.8) is 0 Å². The van der Waals surface area contributed by atoms with Crippen molar-refractivity contribution in [1.29, 1.82) is 0 Å². The molecule has 1 aromatic carbocycles. The van der Waals surface area contributed by atoms with Gasteiger partial charge in [0.05, 0.1) is 22.0 Å². The number of rotatable bonds is 2. The van der Waals surface area contributed by atoms with Crippen LogP contribution in [0.15, 0.2) is 46.8 Å². The fourth-order valence-corrected chi connectivity index (χ4v) is 2.40. The van der Waals surface area contributed by atoms with Crippen LogP contribution in [-0.2, 0) is 6.18 Å². The minimum atomic E-state index is -4.58. The van der Waals surface area contributed by atoms with Crippen molar-refractivity contribution in [3.05, 3.63) is 52.8 Å². The van der Waals surface area contributed by atoms with Crippen molar-refractivity contribution >= 4 is 28.8 Å². The molecule has 0 aliphatic rings. The van der Waals surface area contributed by atoms with Gasteiger partial charge >= 0.3 is 6.18 Å². The molecule has 0 amide bonds. The van der Waals surface area contributed by atoms with E-state index in [-0.39, 0.29) is 17.1 Å². The minimum Gasteiger partial charge on any atom is -0.504 e. The third kappa shape index (κ3) is 2.92. The zero-order valence-corrected chi connectivity index (χ0v) is 13.0. The summed E-state index contributed by atoms with van der Waals surface area (Å²) in [6, 6.07) is 6.33. The first-order valence-corrected chi connectivity index (χ1v) is 7.10. The Hall–Kier alpha value is -2.61. The third-order valence-corrected chi connectivity index (χ3v) is 3.62. The largest absolute Gasteiger partial charge is 0.504 e. The van der Waals surface area contributed by atoms with E-state index in [9.17, 15) is 18.3 Å². The van der Waals surface area contributed by atoms with Crippen LogP contribution < -0.4 is 0 Å². The van der Waals surface area contributed by atoms with E-state index in [1.165, 1.54) is 16.5 Å². The molecule has 3 rings (SSSR count). The molecule has 5 nitrogen and oxygen atoms in total. The number of azo groups is 1. The second-order valence-corrected chi connectivity index (χ2v) is 5.38. The second-order valence-electron chi connectivity index (χ2n) is 4.97. The number of aryl methyl sites for hydroxylation is 1. The molecule has 3 aromatic rings. The van der Waals surface area contributed by atoms with Crippen molar-refractivity contribution in [2.24, 2.45) is 10.2 Å². The fourth-order valence-electron chi connectivity index (χ4n) is 2.17. The van der Waals surface area contributed by atoms with Gasteiger partial charge in [0.15, 0.2) is 17.2 Å². The highest BCUT2D eigenvalue weighted by Crippen LogP contribution is 2.37. The number of fused-ring (bicyclic) bond motifs is 1. The van der Waals surface area contributed by atoms with Gasteiger partial charge in [0.1, 0.15) is 0 Å². The molecule has 0 fully saturated rings. The number of halogens is 4. The SMILES string of the molecule is Cc1nc2c(O)cccn2c1N=Nc1ccc(Cl)c(C(F)(F)F)c1. The molecule has 0 unspecified atom stereocenters. The minimum absolute atomic E-state index is 0.00114. The molecule has 0 radical (unpaired) electrons. The predicted molar refractivity (Wildman–Crippen MR) is 82.2 cm³/mol. The number of nitrogens with zero attached hydrogens (tertiary/aromatic N) is 4. The molecule has 1 N–H and O–H groups in total. The zero-order chi connectivity index (χ0) is 17.5. The van der Waals surface area contributed by atoms with Gasteiger partial charge < -0.3 is 5.11 Å². The van der Waals surface area contributed by atoms with Crippen LogP contribution in [0.2, 0.25) is 5.02 Å². The number of hydrogen-bond acceptors (Lipinski definition) is 4. The lowest BCUT2D eigenvalue weighted by Gasteiger charge is -2.08. The average Bonchev–Trinajstić information content (AvgIpc) is 2.83. The topological polar surface area (TPSA) is 62.2 Å². The maximum atomic E-state index is 12.9. The van der Waals surface area contributed by atoms with Gasteiger partial charge in [0, 0.05) is 6.20 Å². The molecule has 0 aliphatic carbocycles. The number of imidazole rings is 1. The van der Waals surface area contributed by atoms with Crippen LogP contribution in [-0.4, -0.2) is 14.5 Å². The molecule has 0 atom stereocenters. The first-order chi connectivity index (χ1) is 11.3. The van der Waals surface area contributed by atoms with Crippen LogP contribution in [0.4, 0.5) is 24.7 Å². The first-order valence-electron chi connectivity index (χ1n) is 6.72. The Kier molecular flexibility index (Phi) is 3.92. The number of pyridine rings is 1. The summed E-state index contributed by atoms with van der Waals surface area (Å²) in [6.07, 6.45) is -2.96. The number of hydrogen-bond donors (Lipinski definition) is 1. The summed E-state index contributed by atoms with van der Waals surface area (Å²) < 4.78 is 40.1. The average molecular weight is 355 g/mol. The molecular formula is C15H10ClF3N4O. The highest BCUT2D eigenvalue weighted by molar-refractivity contribution is 6.31. The Labute approximate surface area is 139 Å². The van der Waals surface area contributed by atoms with Gasteiger partial charge in [-0.25, -0.2) is 4.98 Å². The molecule has 124 valence electrons. The van der Waals surface area contributed by atoms with Gasteiger partial charge in [-0.1, -0.05) is 11.6 Å². The van der Waals surface area contributed by atoms with Gasteiger partial charge in [0.25, 0.3) is 0 Å². The lowest BCUT2D eigenvalue weighted by atomic mass is 10.2. The highest BCUT2D eigenvalue weighted by Gasteiger charge is 2.33. The summed E-state index contributed by atoms with van der Waals surface area (Å²) in [5, 5.41) is 17.1. The Morgan fingerprint density at radius 1 is 1.21 bits per heavy atom. The molecule has 0 saturated heterocycles. The summed E-state index contributed by atoms with van der Waals surface area (Å²) in [6.45, 7) is 1.66. The van der Waals surface area contributed by atoms with E-state index in [2.05, 4.69) is 15.2 Å². The van der Waals surface area contributed by atoms with E-state index in [0.29, 0.717) is 11.5 Å². The van der Waals surface area contributed by atoms with Gasteiger partial charge in [-0.05, 0) is 37.3 Å². The Morgan fingerprint density at radius 3 is 2.67 bits per heavy atom. The van der Waals surface area contributed by atoms with E-state index in [1.54, 1.807) is 19.2 Å². The van der Waals surface area contributed by atoms with E-state index in [0.717, 1.165) is 12.1 Å². The summed E-state index contributed by atoms with van der Waals surface area (Å²) in [7, 11) is 0. The van der Waals surface area contributed by atoms with E-state index < -0.39 is 16.8 Å². The summed E-state index contributed by atoms with van der Waals surface area (Å²) >= 11 is 5.57. The highest BCUT2D eigenvalue weighted by atomic mass is 35.5. The number of alkyl halides is 3. The standard InChI is InChI=1S/C15H10ClF3N4O/c1-8-13(23-6-2-3-12(24)14(23)20-8)22-21-9-4-5-11(16)10(7-9)15(17,18)19/h2-7,24H,1H3. The summed E-state index contributed by atoms with van der Waals surface area (Å²) in [4.78, 5) is 4.15. The van der Waals surface area contributed by atoms with E-state index in [1.807, 2.05) is 0 Å². The van der Waals surface area contributed by atoms with Crippen molar-refractivity contribution in [2.75, 3.05) is 0 Å². The smallest absolute Gasteiger partial charge is 0.417 e. The van der Waals surface area contributed by atoms with Crippen LogP contribution in [0.3, 0.4) is 0 Å². The van der Waals surface area contributed by atoms with Crippen molar-refractivity contribution in [3.8, 4) is 5.75 Å². The molecule has 0 spiro atoms. The zero-order valence-electron chi connectivity index (χ0n) is 12.2. The molecule has 0 bridgehead atoms. The molecular weight excluding hydrogens is 345 g/mol. The normalized spacial score (nSPS) is 12.4. The maximum absolute atomic E-state index is 12.9. The molecule has 0 aliphatic heterocycles. The van der Waals surface area contributed by atoms with Crippen LogP contribution in [0, 0.1) is 6.92 Å². The summed E-state index contributed by atoms with van der Waals surface area (Å²) in [5.41, 5.74) is -0.212. The molecule has 9 heteroatoms. The maximum Gasteiger partial charge on any atom is 0.417 e. The Balaban J connectivity index is 2.04. The third-order valence-electron chi connectivity index (χ3n) is 3.29. The van der Waals surface area contributed by atoms with Crippen LogP contribution in [0.5, 0.6) is 5.75 Å². The molecule has 0 saturated carbocycles. The predicted octanol–water partition coefficient (Wildman–Crippen LogP) is 5.44. The van der Waals surface area contributed by atoms with Crippen molar-refractivity contribution in [2.45, 2.75) is 13.1 Å². The molecule has 2 heterocycles. The van der Waals surface area contributed by atoms with Gasteiger partial charge in [0.2, 0.25) is 0 Å². The fraction of sp³-hybridized carbons (Fsp3) is 0.133. The Bertz CT molecular complexity index is 950. The number of aromatic nitrogens is 2. The summed E-state index contributed by atoms with van der Waals surface area (Å²) in [5.74, 6) is 0.275. The van der Waals surface area contributed by atoms with Crippen molar-refractivity contribution in [1.82, 2.24) is 9.38 Å². The lowest BCUT2D eigenvalue weighted by molar-refractivity contribution is -0.137. The Morgan fingerprint density at radius 2 is 1.96 bits per heavy atom. The lowest BCUT2D eigenvalue weighted by Crippen LogP contribution is -2.05. The monoisotopic (exact) mass is 354 g/mol. The molecule has 2 aromatic heterocycles. The van der Waals surface area contributed by atoms with Crippen LogP contribution in [0.25, 0.3) is 5.65 Å². The van der Waals surface area contributed by atoms with E-state index >= 15 is 0 Å².